The van der Waals surface area contributed by atoms with Crippen LogP contribution >= 0.6 is 0 Å². The molecule has 136 valence electrons. The molecule has 1 unspecified atom stereocenters. The molecule has 4 aromatic carbocycles. The molecule has 1 heterocycles. The van der Waals surface area contributed by atoms with Gasteiger partial charge in [-0.2, -0.15) is 0 Å². The highest BCUT2D eigenvalue weighted by Crippen LogP contribution is 2.38. The Morgan fingerprint density at radius 2 is 1.43 bits per heavy atom. The summed E-state index contributed by atoms with van der Waals surface area (Å²) in [6.45, 7) is 2.07. The molecular formula is C25H20N2O. The molecule has 0 bridgehead atoms. The van der Waals surface area contributed by atoms with Gasteiger partial charge in [0.05, 0.1) is 5.56 Å². The number of anilines is 2. The van der Waals surface area contributed by atoms with Gasteiger partial charge in [0.1, 0.15) is 6.17 Å². The monoisotopic (exact) mass is 364 g/mol. The lowest BCUT2D eigenvalue weighted by molar-refractivity contribution is 0.0975. The summed E-state index contributed by atoms with van der Waals surface area (Å²) >= 11 is 0. The molecule has 1 atom stereocenters. The fourth-order valence-corrected chi connectivity index (χ4v) is 3.83. The van der Waals surface area contributed by atoms with Gasteiger partial charge in [-0.3, -0.25) is 9.69 Å². The largest absolute Gasteiger partial charge is 0.360 e. The lowest BCUT2D eigenvalue weighted by Crippen LogP contribution is -2.43. The summed E-state index contributed by atoms with van der Waals surface area (Å²) in [4.78, 5) is 15.4. The van der Waals surface area contributed by atoms with Gasteiger partial charge in [-0.15, -0.1) is 0 Å². The molecule has 0 saturated carbocycles. The Morgan fingerprint density at radius 3 is 2.14 bits per heavy atom. The van der Waals surface area contributed by atoms with Gasteiger partial charge in [0.2, 0.25) is 0 Å². The summed E-state index contributed by atoms with van der Waals surface area (Å²) in [6.07, 6.45) is -0.260. The van der Waals surface area contributed by atoms with Crippen molar-refractivity contribution in [1.82, 2.24) is 0 Å². The van der Waals surface area contributed by atoms with Crippen LogP contribution in [0.2, 0.25) is 0 Å². The predicted octanol–water partition coefficient (Wildman–Crippen LogP) is 5.92. The van der Waals surface area contributed by atoms with E-state index in [4.69, 9.17) is 0 Å². The highest BCUT2D eigenvalue weighted by molar-refractivity contribution is 6.14. The number of amides is 1. The first-order chi connectivity index (χ1) is 13.7. The zero-order chi connectivity index (χ0) is 19.1. The van der Waals surface area contributed by atoms with Crippen molar-refractivity contribution >= 4 is 28.1 Å². The first-order valence-electron chi connectivity index (χ1n) is 9.45. The van der Waals surface area contributed by atoms with Gasteiger partial charge in [0.15, 0.2) is 0 Å². The molecule has 0 aliphatic carbocycles. The van der Waals surface area contributed by atoms with E-state index in [9.17, 15) is 4.79 Å². The van der Waals surface area contributed by atoms with E-state index in [2.05, 4.69) is 48.6 Å². The van der Waals surface area contributed by atoms with Crippen molar-refractivity contribution in [3.05, 3.63) is 108 Å². The maximum Gasteiger partial charge on any atom is 0.262 e. The van der Waals surface area contributed by atoms with Crippen molar-refractivity contribution in [1.29, 1.82) is 0 Å². The summed E-state index contributed by atoms with van der Waals surface area (Å²) in [6, 6.07) is 30.4. The number of nitrogens with one attached hydrogen (secondary N) is 1. The van der Waals surface area contributed by atoms with E-state index in [1.165, 1.54) is 5.56 Å². The first-order valence-corrected chi connectivity index (χ1v) is 9.45. The van der Waals surface area contributed by atoms with Crippen molar-refractivity contribution < 1.29 is 4.79 Å². The van der Waals surface area contributed by atoms with Crippen LogP contribution in [0.3, 0.4) is 0 Å². The third kappa shape index (κ3) is 2.72. The number of nitrogens with zero attached hydrogens (tertiary/aromatic N) is 1. The zero-order valence-electron chi connectivity index (χ0n) is 15.6. The van der Waals surface area contributed by atoms with Crippen LogP contribution in [0.15, 0.2) is 91.0 Å². The van der Waals surface area contributed by atoms with Gasteiger partial charge in [-0.25, -0.2) is 0 Å². The van der Waals surface area contributed by atoms with Crippen LogP contribution in [-0.2, 0) is 0 Å². The second-order valence-electron chi connectivity index (χ2n) is 7.21. The van der Waals surface area contributed by atoms with Gasteiger partial charge in [-0.1, -0.05) is 72.3 Å². The number of para-hydroxylation sites is 1. The number of aryl methyl sites for hydroxylation is 1. The minimum Gasteiger partial charge on any atom is -0.360 e. The molecule has 0 saturated heterocycles. The molecule has 1 aliphatic heterocycles. The Hall–Kier alpha value is -3.59. The Labute approximate surface area is 164 Å². The van der Waals surface area contributed by atoms with E-state index in [0.29, 0.717) is 5.56 Å². The minimum atomic E-state index is -0.260. The molecular weight excluding hydrogens is 344 g/mol. The second-order valence-corrected chi connectivity index (χ2v) is 7.21. The summed E-state index contributed by atoms with van der Waals surface area (Å²) in [5.41, 5.74) is 4.71. The molecule has 4 aromatic rings. The van der Waals surface area contributed by atoms with Crippen LogP contribution in [0.25, 0.3) is 10.8 Å². The quantitative estimate of drug-likeness (QED) is 0.479. The Kier molecular flexibility index (Phi) is 3.87. The molecule has 5 rings (SSSR count). The number of benzene rings is 4. The number of hydrogen-bond acceptors (Lipinski definition) is 2. The molecule has 28 heavy (non-hydrogen) atoms. The maximum atomic E-state index is 13.6. The van der Waals surface area contributed by atoms with E-state index in [0.717, 1.165) is 27.7 Å². The van der Waals surface area contributed by atoms with Gasteiger partial charge in [-0.05, 0) is 47.5 Å². The molecule has 1 N–H and O–H groups in total. The van der Waals surface area contributed by atoms with Crippen molar-refractivity contribution in [2.75, 3.05) is 10.2 Å². The highest BCUT2D eigenvalue weighted by Gasteiger charge is 2.34. The average Bonchev–Trinajstić information content (AvgIpc) is 2.74. The van der Waals surface area contributed by atoms with Gasteiger partial charge < -0.3 is 5.32 Å². The lowest BCUT2D eigenvalue weighted by atomic mass is 9.98. The summed E-state index contributed by atoms with van der Waals surface area (Å²) in [5.74, 6) is 0.0104. The van der Waals surface area contributed by atoms with E-state index in [-0.39, 0.29) is 12.1 Å². The fourth-order valence-electron chi connectivity index (χ4n) is 3.83. The van der Waals surface area contributed by atoms with Gasteiger partial charge in [0, 0.05) is 11.4 Å². The smallest absolute Gasteiger partial charge is 0.262 e. The van der Waals surface area contributed by atoms with Crippen molar-refractivity contribution in [3.8, 4) is 0 Å². The number of carbonyl (C=O) groups excluding carboxylic acids is 1. The zero-order valence-corrected chi connectivity index (χ0v) is 15.6. The van der Waals surface area contributed by atoms with E-state index in [1.54, 1.807) is 0 Å². The number of fused-ring (bicyclic) bond motifs is 2. The topological polar surface area (TPSA) is 32.3 Å². The Morgan fingerprint density at radius 1 is 0.786 bits per heavy atom. The van der Waals surface area contributed by atoms with Crippen LogP contribution < -0.4 is 10.2 Å². The van der Waals surface area contributed by atoms with Gasteiger partial charge in [0.25, 0.3) is 5.91 Å². The van der Waals surface area contributed by atoms with Crippen molar-refractivity contribution in [2.45, 2.75) is 13.1 Å². The molecule has 0 fully saturated rings. The summed E-state index contributed by atoms with van der Waals surface area (Å²) in [7, 11) is 0. The van der Waals surface area contributed by atoms with Gasteiger partial charge >= 0.3 is 0 Å². The highest BCUT2D eigenvalue weighted by atomic mass is 16.2. The Bertz CT molecular complexity index is 1170. The standard InChI is InChI=1S/C25H20N2O/c1-17-11-13-18(14-12-17)24-26-23-16-20-8-6-5-7-19(20)15-22(23)25(28)27(24)21-9-3-2-4-10-21/h2-16,24,26H,1H3. The minimum absolute atomic E-state index is 0.0104. The molecule has 3 nitrogen and oxygen atoms in total. The van der Waals surface area contributed by atoms with Crippen LogP contribution in [0.5, 0.6) is 0 Å². The van der Waals surface area contributed by atoms with Crippen LogP contribution in [0.4, 0.5) is 11.4 Å². The third-order valence-corrected chi connectivity index (χ3v) is 5.31. The molecule has 0 aromatic heterocycles. The predicted molar refractivity (Wildman–Crippen MR) is 115 cm³/mol. The van der Waals surface area contributed by atoms with Crippen LogP contribution in [-0.4, -0.2) is 5.91 Å². The fraction of sp³-hybridized carbons (Fsp3) is 0.0800. The number of rotatable bonds is 2. The maximum absolute atomic E-state index is 13.6. The molecule has 1 amide bonds. The second kappa shape index (κ2) is 6.54. The normalized spacial score (nSPS) is 16.0. The molecule has 0 spiro atoms. The van der Waals surface area contributed by atoms with Crippen LogP contribution in [0, 0.1) is 6.92 Å². The van der Waals surface area contributed by atoms with Crippen molar-refractivity contribution in [3.63, 3.8) is 0 Å². The lowest BCUT2D eigenvalue weighted by Gasteiger charge is -2.38. The SMILES string of the molecule is Cc1ccc(C2Nc3cc4ccccc4cc3C(=O)N2c2ccccc2)cc1. The first kappa shape index (κ1) is 16.6. The van der Waals surface area contributed by atoms with E-state index in [1.807, 2.05) is 59.5 Å². The number of hydrogen-bond donors (Lipinski definition) is 1. The van der Waals surface area contributed by atoms with Crippen molar-refractivity contribution in [2.24, 2.45) is 0 Å². The number of carbonyl (C=O) groups is 1. The molecule has 1 aliphatic rings. The molecule has 3 heteroatoms. The van der Waals surface area contributed by atoms with E-state index >= 15 is 0 Å². The third-order valence-electron chi connectivity index (χ3n) is 5.31. The average molecular weight is 364 g/mol. The Balaban J connectivity index is 1.70. The summed E-state index contributed by atoms with van der Waals surface area (Å²) in [5, 5.41) is 5.80. The van der Waals surface area contributed by atoms with E-state index < -0.39 is 0 Å². The molecule has 0 radical (unpaired) electrons. The van der Waals surface area contributed by atoms with Crippen LogP contribution in [0.1, 0.15) is 27.7 Å². The summed E-state index contributed by atoms with van der Waals surface area (Å²) < 4.78 is 0.